The third-order valence-corrected chi connectivity index (χ3v) is 7.73. The van der Waals surface area contributed by atoms with Crippen LogP contribution in [0.3, 0.4) is 0 Å². The molecule has 11 heteroatoms. The van der Waals surface area contributed by atoms with Crippen molar-refractivity contribution in [1.29, 1.82) is 0 Å². The number of aromatic nitrogens is 1. The molecule has 1 aliphatic heterocycles. The highest BCUT2D eigenvalue weighted by Crippen LogP contribution is 2.33. The number of sulfone groups is 1. The SMILES string of the molecule is CS(=O)(=O)c1cccc2sc(N(CCN3CCOCC3)C(=O)c3cccc(Br)c3)nc12.Cl. The zero-order valence-electron chi connectivity index (χ0n) is 17.4. The maximum atomic E-state index is 13.4. The fraction of sp³-hybridized carbons (Fsp3) is 0.333. The number of carbonyl (C=O) groups is 1. The van der Waals surface area contributed by atoms with E-state index in [9.17, 15) is 13.2 Å². The lowest BCUT2D eigenvalue weighted by Gasteiger charge is -2.29. The molecule has 0 unspecified atom stereocenters. The van der Waals surface area contributed by atoms with Crippen molar-refractivity contribution in [3.8, 4) is 0 Å². The summed E-state index contributed by atoms with van der Waals surface area (Å²) >= 11 is 4.75. The summed E-state index contributed by atoms with van der Waals surface area (Å²) in [7, 11) is -3.44. The van der Waals surface area contributed by atoms with E-state index in [1.807, 2.05) is 18.2 Å². The van der Waals surface area contributed by atoms with E-state index < -0.39 is 9.84 Å². The van der Waals surface area contributed by atoms with Crippen LogP contribution in [0.5, 0.6) is 0 Å². The molecular weight excluding hydrogens is 538 g/mol. The van der Waals surface area contributed by atoms with Crippen molar-refractivity contribution in [3.63, 3.8) is 0 Å². The van der Waals surface area contributed by atoms with E-state index in [1.54, 1.807) is 29.2 Å². The molecule has 2 heterocycles. The topological polar surface area (TPSA) is 79.8 Å². The average molecular weight is 561 g/mol. The van der Waals surface area contributed by atoms with Crippen LogP contribution in [0, 0.1) is 0 Å². The van der Waals surface area contributed by atoms with Crippen LogP contribution in [0.1, 0.15) is 10.4 Å². The largest absolute Gasteiger partial charge is 0.379 e. The molecule has 1 fully saturated rings. The summed E-state index contributed by atoms with van der Waals surface area (Å²) in [6, 6.07) is 12.3. The molecule has 1 amide bonds. The zero-order chi connectivity index (χ0) is 22.0. The van der Waals surface area contributed by atoms with Gasteiger partial charge in [-0.25, -0.2) is 13.4 Å². The highest BCUT2D eigenvalue weighted by atomic mass is 79.9. The number of amides is 1. The number of para-hydroxylation sites is 1. The first-order valence-corrected chi connectivity index (χ1v) is 13.3. The Kier molecular flexibility index (Phi) is 8.29. The molecule has 0 saturated carbocycles. The third kappa shape index (κ3) is 5.67. The van der Waals surface area contributed by atoms with Gasteiger partial charge in [-0.05, 0) is 30.3 Å². The van der Waals surface area contributed by atoms with E-state index in [4.69, 9.17) is 4.74 Å². The minimum Gasteiger partial charge on any atom is -0.379 e. The van der Waals surface area contributed by atoms with Crippen molar-refractivity contribution >= 4 is 70.8 Å². The predicted octanol–water partition coefficient (Wildman–Crippen LogP) is 3.86. The predicted molar refractivity (Wildman–Crippen MR) is 133 cm³/mol. The first-order valence-electron chi connectivity index (χ1n) is 9.80. The van der Waals surface area contributed by atoms with E-state index >= 15 is 0 Å². The number of carbonyl (C=O) groups excluding carboxylic acids is 1. The second-order valence-corrected chi connectivity index (χ2v) is 11.2. The highest BCUT2D eigenvalue weighted by Gasteiger charge is 2.24. The van der Waals surface area contributed by atoms with E-state index in [-0.39, 0.29) is 23.2 Å². The Morgan fingerprint density at radius 2 is 1.94 bits per heavy atom. The van der Waals surface area contributed by atoms with Crippen molar-refractivity contribution < 1.29 is 17.9 Å². The van der Waals surface area contributed by atoms with Gasteiger partial charge in [0.15, 0.2) is 15.0 Å². The molecule has 7 nitrogen and oxygen atoms in total. The molecule has 0 aliphatic carbocycles. The van der Waals surface area contributed by atoms with Gasteiger partial charge in [0, 0.05) is 42.5 Å². The Labute approximate surface area is 205 Å². The number of morpholine rings is 1. The molecule has 4 rings (SSSR count). The van der Waals surface area contributed by atoms with Crippen LogP contribution >= 0.6 is 39.7 Å². The van der Waals surface area contributed by atoms with Gasteiger partial charge >= 0.3 is 0 Å². The van der Waals surface area contributed by atoms with E-state index in [2.05, 4.69) is 25.8 Å². The van der Waals surface area contributed by atoms with Gasteiger partial charge < -0.3 is 4.74 Å². The Morgan fingerprint density at radius 3 is 2.62 bits per heavy atom. The summed E-state index contributed by atoms with van der Waals surface area (Å²) < 4.78 is 31.4. The molecule has 1 aromatic heterocycles. The molecule has 2 aromatic carbocycles. The van der Waals surface area contributed by atoms with Crippen LogP contribution in [-0.2, 0) is 14.6 Å². The average Bonchev–Trinajstić information content (AvgIpc) is 3.17. The smallest absolute Gasteiger partial charge is 0.260 e. The van der Waals surface area contributed by atoms with Gasteiger partial charge in [0.05, 0.1) is 22.8 Å². The number of hydrogen-bond donors (Lipinski definition) is 0. The van der Waals surface area contributed by atoms with E-state index in [0.29, 0.717) is 42.5 Å². The van der Waals surface area contributed by atoms with Crippen molar-refractivity contribution in [3.05, 3.63) is 52.5 Å². The van der Waals surface area contributed by atoms with Gasteiger partial charge in [0.2, 0.25) is 0 Å². The maximum absolute atomic E-state index is 13.4. The molecule has 0 radical (unpaired) electrons. The van der Waals surface area contributed by atoms with Crippen molar-refractivity contribution in [1.82, 2.24) is 9.88 Å². The maximum Gasteiger partial charge on any atom is 0.260 e. The lowest BCUT2D eigenvalue weighted by atomic mass is 10.2. The first-order chi connectivity index (χ1) is 14.8. The third-order valence-electron chi connectivity index (χ3n) is 5.06. The number of benzene rings is 2. The lowest BCUT2D eigenvalue weighted by molar-refractivity contribution is 0.0391. The van der Waals surface area contributed by atoms with Crippen LogP contribution in [0.15, 0.2) is 51.8 Å². The summed E-state index contributed by atoms with van der Waals surface area (Å²) in [6.07, 6.45) is 1.17. The monoisotopic (exact) mass is 559 g/mol. The van der Waals surface area contributed by atoms with Gasteiger partial charge in [-0.3, -0.25) is 14.6 Å². The molecule has 0 atom stereocenters. The second-order valence-electron chi connectivity index (χ2n) is 7.29. The normalized spacial score (nSPS) is 14.8. The minimum atomic E-state index is -3.44. The summed E-state index contributed by atoms with van der Waals surface area (Å²) in [6.45, 7) is 4.11. The van der Waals surface area contributed by atoms with Crippen LogP contribution in [0.2, 0.25) is 0 Å². The molecule has 3 aromatic rings. The number of nitrogens with zero attached hydrogens (tertiary/aromatic N) is 3. The van der Waals surface area contributed by atoms with Crippen molar-refractivity contribution in [2.75, 3.05) is 50.5 Å². The lowest BCUT2D eigenvalue weighted by Crippen LogP contribution is -2.43. The van der Waals surface area contributed by atoms with E-state index in [0.717, 1.165) is 22.3 Å². The quantitative estimate of drug-likeness (QED) is 0.456. The van der Waals surface area contributed by atoms with Crippen LogP contribution in [0.25, 0.3) is 10.2 Å². The molecule has 1 aliphatic rings. The summed E-state index contributed by atoms with van der Waals surface area (Å²) in [4.78, 5) is 22.1. The Balaban J connectivity index is 0.00000289. The fourth-order valence-corrected chi connectivity index (χ4v) is 5.77. The number of rotatable bonds is 6. The summed E-state index contributed by atoms with van der Waals surface area (Å²) in [5, 5.41) is 0.490. The summed E-state index contributed by atoms with van der Waals surface area (Å²) in [5.41, 5.74) is 0.947. The van der Waals surface area contributed by atoms with E-state index in [1.165, 1.54) is 17.6 Å². The number of thiazole rings is 1. The zero-order valence-corrected chi connectivity index (χ0v) is 21.4. The van der Waals surface area contributed by atoms with Crippen LogP contribution in [-0.4, -0.2) is 69.9 Å². The van der Waals surface area contributed by atoms with Crippen LogP contribution < -0.4 is 4.90 Å². The summed E-state index contributed by atoms with van der Waals surface area (Å²) in [5.74, 6) is -0.172. The number of halogens is 2. The minimum absolute atomic E-state index is 0. The first kappa shape index (κ1) is 25.1. The fourth-order valence-electron chi connectivity index (χ4n) is 3.45. The van der Waals surface area contributed by atoms with Gasteiger partial charge in [-0.2, -0.15) is 0 Å². The molecule has 0 N–H and O–H groups in total. The highest BCUT2D eigenvalue weighted by molar-refractivity contribution is 9.10. The number of hydrogen-bond acceptors (Lipinski definition) is 7. The molecule has 32 heavy (non-hydrogen) atoms. The van der Waals surface area contributed by atoms with Gasteiger partial charge in [-0.1, -0.05) is 39.4 Å². The standard InChI is InChI=1S/C21H22BrN3O4S2.ClH/c1-31(27,28)18-7-3-6-17-19(18)23-21(30-17)25(9-8-24-10-12-29-13-11-24)20(26)15-4-2-5-16(22)14-15;/h2-7,14H,8-13H2,1H3;1H. The van der Waals surface area contributed by atoms with Gasteiger partial charge in [-0.15, -0.1) is 12.4 Å². The molecule has 172 valence electrons. The Hall–Kier alpha value is -1.56. The van der Waals surface area contributed by atoms with Crippen molar-refractivity contribution in [2.45, 2.75) is 4.90 Å². The van der Waals surface area contributed by atoms with Crippen LogP contribution in [0.4, 0.5) is 5.13 Å². The van der Waals surface area contributed by atoms with Gasteiger partial charge in [0.1, 0.15) is 5.52 Å². The van der Waals surface area contributed by atoms with Gasteiger partial charge in [0.25, 0.3) is 5.91 Å². The number of anilines is 1. The number of fused-ring (bicyclic) bond motifs is 1. The van der Waals surface area contributed by atoms with Crippen molar-refractivity contribution in [2.24, 2.45) is 0 Å². The Bertz CT molecular complexity index is 1210. The molecule has 0 spiro atoms. The molecule has 1 saturated heterocycles. The Morgan fingerprint density at radius 1 is 1.22 bits per heavy atom. The number of ether oxygens (including phenoxy) is 1. The molecule has 0 bridgehead atoms. The second kappa shape index (κ2) is 10.6. The molecular formula is C21H23BrClN3O4S2.